The molecule has 2 heterocycles. The molecule has 3 aromatic rings. The van der Waals surface area contributed by atoms with Gasteiger partial charge in [-0.3, -0.25) is 14.4 Å². The molecule has 4 rings (SSSR count). The Bertz CT molecular complexity index is 1280. The van der Waals surface area contributed by atoms with Gasteiger partial charge in [-0.15, -0.1) is 0 Å². The third-order valence-corrected chi connectivity index (χ3v) is 6.18. The lowest BCUT2D eigenvalue weighted by molar-refractivity contribution is -0.123. The average Bonchev–Trinajstić information content (AvgIpc) is 2.75. The molecule has 1 aromatic heterocycles. The molecule has 2 amide bonds. The van der Waals surface area contributed by atoms with Gasteiger partial charge in [0.2, 0.25) is 11.8 Å². The number of H-pyrrole nitrogens is 1. The van der Waals surface area contributed by atoms with E-state index in [2.05, 4.69) is 20.6 Å². The molecule has 1 aliphatic heterocycles. The molecular formula is C22H18ClFN4O3S. The van der Waals surface area contributed by atoms with Crippen LogP contribution in [-0.4, -0.2) is 21.8 Å². The number of amides is 2. The maximum atomic E-state index is 13.9. The molecule has 10 heteroatoms. The number of nitrogens with one attached hydrogen (secondary N) is 3. The van der Waals surface area contributed by atoms with E-state index < -0.39 is 23.3 Å². The third kappa shape index (κ3) is 4.68. The minimum Gasteiger partial charge on any atom is -0.325 e. The lowest BCUT2D eigenvalue weighted by Crippen LogP contribution is -2.36. The fourth-order valence-corrected chi connectivity index (χ4v) is 4.37. The maximum Gasteiger partial charge on any atom is 0.257 e. The number of rotatable bonds is 5. The zero-order valence-corrected chi connectivity index (χ0v) is 18.4. The van der Waals surface area contributed by atoms with Crippen molar-refractivity contribution in [3.8, 4) is 0 Å². The molecule has 0 aliphatic carbocycles. The fourth-order valence-electron chi connectivity index (χ4n) is 3.35. The first-order chi connectivity index (χ1) is 15.3. The molecule has 0 spiro atoms. The van der Waals surface area contributed by atoms with Crippen molar-refractivity contribution in [1.82, 2.24) is 9.97 Å². The van der Waals surface area contributed by atoms with Crippen LogP contribution in [0.15, 0.2) is 52.4 Å². The number of hydrogen-bond donors (Lipinski definition) is 3. The van der Waals surface area contributed by atoms with Crippen molar-refractivity contribution in [2.75, 3.05) is 10.6 Å². The zero-order chi connectivity index (χ0) is 22.8. The Hall–Kier alpha value is -3.17. The molecule has 32 heavy (non-hydrogen) atoms. The second-order valence-corrected chi connectivity index (χ2v) is 8.67. The van der Waals surface area contributed by atoms with Gasteiger partial charge in [0.15, 0.2) is 5.16 Å². The number of carbonyl (C=O) groups is 2. The van der Waals surface area contributed by atoms with Gasteiger partial charge in [0.25, 0.3) is 5.56 Å². The molecule has 0 saturated carbocycles. The Morgan fingerprint density at radius 3 is 2.84 bits per heavy atom. The number of benzene rings is 2. The van der Waals surface area contributed by atoms with Crippen LogP contribution in [0, 0.1) is 12.7 Å². The third-order valence-electron chi connectivity index (χ3n) is 5.03. The van der Waals surface area contributed by atoms with Gasteiger partial charge in [0.05, 0.1) is 11.5 Å². The van der Waals surface area contributed by atoms with E-state index >= 15 is 0 Å². The first-order valence-electron chi connectivity index (χ1n) is 9.69. The Kier molecular flexibility index (Phi) is 6.29. The van der Waals surface area contributed by atoms with Gasteiger partial charge in [-0.05, 0) is 36.2 Å². The summed E-state index contributed by atoms with van der Waals surface area (Å²) in [6, 6.07) is 11.4. The van der Waals surface area contributed by atoms with Crippen LogP contribution in [-0.2, 0) is 15.3 Å². The number of anilines is 2. The van der Waals surface area contributed by atoms with Gasteiger partial charge in [0.1, 0.15) is 11.6 Å². The monoisotopic (exact) mass is 472 g/mol. The molecule has 2 aromatic carbocycles. The molecule has 0 radical (unpaired) electrons. The van der Waals surface area contributed by atoms with Crippen molar-refractivity contribution < 1.29 is 14.0 Å². The van der Waals surface area contributed by atoms with Crippen molar-refractivity contribution in [2.24, 2.45) is 0 Å². The van der Waals surface area contributed by atoms with Gasteiger partial charge < -0.3 is 15.6 Å². The van der Waals surface area contributed by atoms with E-state index in [0.717, 1.165) is 17.3 Å². The van der Waals surface area contributed by atoms with Gasteiger partial charge in [0, 0.05) is 22.9 Å². The quantitative estimate of drug-likeness (QED) is 0.381. The highest BCUT2D eigenvalue weighted by Gasteiger charge is 2.35. The summed E-state index contributed by atoms with van der Waals surface area (Å²) in [4.78, 5) is 44.9. The van der Waals surface area contributed by atoms with Crippen molar-refractivity contribution in [1.29, 1.82) is 0 Å². The first-order valence-corrected chi connectivity index (χ1v) is 11.1. The first kappa shape index (κ1) is 22.0. The van der Waals surface area contributed by atoms with E-state index in [0.29, 0.717) is 16.3 Å². The standard InChI is InChI=1S/C22H18ClFN4O3S/c1-11-6-7-13(23)8-16(11)25-20(30)14-9-17(29)26-19-18(14)21(31)28-22(27-19)32-10-12-4-2-3-5-15(12)24/h2-8,14H,9-10H2,1H3,(H,25,30)(H2,26,27,28,29,31). The number of aromatic nitrogens is 2. The molecular weight excluding hydrogens is 455 g/mol. The molecule has 164 valence electrons. The summed E-state index contributed by atoms with van der Waals surface area (Å²) in [7, 11) is 0. The summed E-state index contributed by atoms with van der Waals surface area (Å²) in [5.74, 6) is -2.04. The summed E-state index contributed by atoms with van der Waals surface area (Å²) >= 11 is 7.13. The second kappa shape index (κ2) is 9.13. The number of hydrogen-bond acceptors (Lipinski definition) is 5. The van der Waals surface area contributed by atoms with E-state index in [-0.39, 0.29) is 34.5 Å². The molecule has 1 unspecified atom stereocenters. The maximum absolute atomic E-state index is 13.9. The number of aryl methyl sites for hydroxylation is 1. The molecule has 1 atom stereocenters. The smallest absolute Gasteiger partial charge is 0.257 e. The van der Waals surface area contributed by atoms with Gasteiger partial charge in [-0.25, -0.2) is 9.37 Å². The number of carbonyl (C=O) groups excluding carboxylic acids is 2. The normalized spacial score (nSPS) is 15.1. The Balaban J connectivity index is 1.60. The minimum absolute atomic E-state index is 0.0315. The Labute approximate surface area is 191 Å². The van der Waals surface area contributed by atoms with Crippen LogP contribution in [0.1, 0.15) is 29.0 Å². The lowest BCUT2D eigenvalue weighted by atomic mass is 9.92. The van der Waals surface area contributed by atoms with E-state index in [4.69, 9.17) is 11.6 Å². The summed E-state index contributed by atoms with van der Waals surface area (Å²) < 4.78 is 13.9. The molecule has 0 bridgehead atoms. The highest BCUT2D eigenvalue weighted by molar-refractivity contribution is 7.98. The van der Waals surface area contributed by atoms with Crippen LogP contribution < -0.4 is 16.2 Å². The number of halogens is 2. The van der Waals surface area contributed by atoms with Crippen molar-refractivity contribution in [2.45, 2.75) is 30.2 Å². The van der Waals surface area contributed by atoms with Crippen LogP contribution in [0.3, 0.4) is 0 Å². The van der Waals surface area contributed by atoms with Gasteiger partial charge >= 0.3 is 0 Å². The largest absolute Gasteiger partial charge is 0.325 e. The van der Waals surface area contributed by atoms with Crippen molar-refractivity contribution in [3.63, 3.8) is 0 Å². The van der Waals surface area contributed by atoms with Gasteiger partial charge in [-0.2, -0.15) is 0 Å². The molecule has 0 fully saturated rings. The molecule has 3 N–H and O–H groups in total. The summed E-state index contributed by atoms with van der Waals surface area (Å²) in [6.07, 6.45) is -0.190. The summed E-state index contributed by atoms with van der Waals surface area (Å²) in [5, 5.41) is 5.97. The topological polar surface area (TPSA) is 104 Å². The van der Waals surface area contributed by atoms with E-state index in [1.54, 1.807) is 43.3 Å². The van der Waals surface area contributed by atoms with Gasteiger partial charge in [-0.1, -0.05) is 47.6 Å². The number of aromatic amines is 1. The molecule has 1 aliphatic rings. The van der Waals surface area contributed by atoms with Crippen LogP contribution in [0.4, 0.5) is 15.9 Å². The Morgan fingerprint density at radius 2 is 2.06 bits per heavy atom. The lowest BCUT2D eigenvalue weighted by Gasteiger charge is -2.24. The summed E-state index contributed by atoms with van der Waals surface area (Å²) in [6.45, 7) is 1.81. The van der Waals surface area contributed by atoms with Crippen LogP contribution in [0.2, 0.25) is 5.02 Å². The highest BCUT2D eigenvalue weighted by Crippen LogP contribution is 2.32. The number of nitrogens with zero attached hydrogens (tertiary/aromatic N) is 1. The van der Waals surface area contributed by atoms with E-state index in [1.807, 2.05) is 0 Å². The van der Waals surface area contributed by atoms with Crippen LogP contribution in [0.5, 0.6) is 0 Å². The van der Waals surface area contributed by atoms with Crippen molar-refractivity contribution in [3.05, 3.63) is 80.3 Å². The highest BCUT2D eigenvalue weighted by atomic mass is 35.5. The number of fused-ring (bicyclic) bond motifs is 1. The predicted molar refractivity (Wildman–Crippen MR) is 122 cm³/mol. The van der Waals surface area contributed by atoms with E-state index in [1.165, 1.54) is 6.07 Å². The van der Waals surface area contributed by atoms with Crippen molar-refractivity contribution >= 4 is 46.7 Å². The van der Waals surface area contributed by atoms with Crippen LogP contribution >= 0.6 is 23.4 Å². The van der Waals surface area contributed by atoms with Crippen LogP contribution in [0.25, 0.3) is 0 Å². The molecule has 7 nitrogen and oxygen atoms in total. The fraction of sp³-hybridized carbons (Fsp3) is 0.182. The summed E-state index contributed by atoms with van der Waals surface area (Å²) in [5.41, 5.74) is 1.29. The number of thioether (sulfide) groups is 1. The molecule has 0 saturated heterocycles. The SMILES string of the molecule is Cc1ccc(Cl)cc1NC(=O)C1CC(=O)Nc2nc(SCc3ccccc3F)[nH]c(=O)c21. The average molecular weight is 473 g/mol. The predicted octanol–water partition coefficient (Wildman–Crippen LogP) is 4.23. The Morgan fingerprint density at radius 1 is 1.28 bits per heavy atom. The van der Waals surface area contributed by atoms with E-state index in [9.17, 15) is 18.8 Å². The second-order valence-electron chi connectivity index (χ2n) is 7.27. The minimum atomic E-state index is -1.01. The zero-order valence-electron chi connectivity index (χ0n) is 16.9.